The minimum absolute atomic E-state index is 0.229. The Labute approximate surface area is 192 Å². The number of benzene rings is 2. The molecule has 5 nitrogen and oxygen atoms in total. The molecule has 3 rings (SSSR count). The molecule has 1 N–H and O–H groups in total. The van der Waals surface area contributed by atoms with E-state index in [0.29, 0.717) is 34.9 Å². The summed E-state index contributed by atoms with van der Waals surface area (Å²) in [5, 5.41) is 2.86. The van der Waals surface area contributed by atoms with Gasteiger partial charge in [0.15, 0.2) is 0 Å². The zero-order valence-corrected chi connectivity index (χ0v) is 19.6. The van der Waals surface area contributed by atoms with Gasteiger partial charge in [0.2, 0.25) is 0 Å². The fraction of sp³-hybridized carbons (Fsp3) is 0.261. The molecule has 0 saturated carbocycles. The Bertz CT molecular complexity index is 1250. The van der Waals surface area contributed by atoms with Crippen LogP contribution in [-0.4, -0.2) is 14.3 Å². The van der Waals surface area contributed by atoms with E-state index < -0.39 is 15.9 Å². The lowest BCUT2D eigenvalue weighted by atomic mass is 9.99. The van der Waals surface area contributed by atoms with Crippen molar-refractivity contribution >= 4 is 50.1 Å². The van der Waals surface area contributed by atoms with Crippen LogP contribution in [-0.2, 0) is 22.9 Å². The summed E-state index contributed by atoms with van der Waals surface area (Å²) in [5.74, 6) is 0.0893. The molecule has 164 valence electrons. The molecule has 0 unspecified atom stereocenters. The highest BCUT2D eigenvalue weighted by Crippen LogP contribution is 2.32. The molecule has 0 aliphatic heterocycles. The summed E-state index contributed by atoms with van der Waals surface area (Å²) in [7, 11) is -3.86. The van der Waals surface area contributed by atoms with E-state index in [-0.39, 0.29) is 5.56 Å². The summed E-state index contributed by atoms with van der Waals surface area (Å²) in [5.41, 5.74) is 2.63. The van der Waals surface area contributed by atoms with Gasteiger partial charge in [-0.3, -0.25) is 4.79 Å². The number of carbonyl (C=O) groups is 1. The van der Waals surface area contributed by atoms with Gasteiger partial charge in [0, 0.05) is 44.8 Å². The van der Waals surface area contributed by atoms with Gasteiger partial charge >= 0.3 is 0 Å². The van der Waals surface area contributed by atoms with Crippen LogP contribution in [0.5, 0.6) is 0 Å². The molecule has 0 aliphatic rings. The van der Waals surface area contributed by atoms with E-state index in [9.17, 15) is 13.2 Å². The van der Waals surface area contributed by atoms with Gasteiger partial charge in [-0.15, -0.1) is 0 Å². The van der Waals surface area contributed by atoms with Gasteiger partial charge in [-0.2, -0.15) is 0 Å². The fourth-order valence-electron chi connectivity index (χ4n) is 3.26. The number of rotatable bonds is 8. The predicted molar refractivity (Wildman–Crippen MR) is 125 cm³/mol. The van der Waals surface area contributed by atoms with Crippen LogP contribution in [0.3, 0.4) is 0 Å². The van der Waals surface area contributed by atoms with E-state index in [1.807, 2.05) is 19.9 Å². The Kier molecular flexibility index (Phi) is 7.46. The monoisotopic (exact) mass is 479 g/mol. The summed E-state index contributed by atoms with van der Waals surface area (Å²) in [6, 6.07) is 10.2. The van der Waals surface area contributed by atoms with Crippen molar-refractivity contribution in [2.45, 2.75) is 39.5 Å². The second-order valence-electron chi connectivity index (χ2n) is 7.12. The standard InChI is InChI=1S/C23H23Cl2NO4S/c1-3-5-6-11-31(28,29)26-23(27)16-8-10-22-19(13-16)18(21(4-2)30-22)12-15-7-9-17(24)14-20(15)25/h6-11,13-14H,3-5,12H2,1-2H3,(H,26,27). The van der Waals surface area contributed by atoms with E-state index in [0.717, 1.165) is 34.1 Å². The highest BCUT2D eigenvalue weighted by atomic mass is 35.5. The molecule has 1 amide bonds. The van der Waals surface area contributed by atoms with Gasteiger partial charge in [0.25, 0.3) is 15.9 Å². The number of allylic oxidation sites excluding steroid dienone is 1. The number of aryl methyl sites for hydroxylation is 1. The van der Waals surface area contributed by atoms with Crippen molar-refractivity contribution in [3.8, 4) is 0 Å². The number of unbranched alkanes of at least 4 members (excludes halogenated alkanes) is 1. The van der Waals surface area contributed by atoms with Crippen LogP contribution < -0.4 is 4.72 Å². The number of fused-ring (bicyclic) bond motifs is 1. The lowest BCUT2D eigenvalue weighted by molar-refractivity contribution is 0.0982. The topological polar surface area (TPSA) is 76.4 Å². The van der Waals surface area contributed by atoms with Gasteiger partial charge in [0.1, 0.15) is 11.3 Å². The van der Waals surface area contributed by atoms with Crippen LogP contribution in [0.25, 0.3) is 11.0 Å². The minimum Gasteiger partial charge on any atom is -0.461 e. The maximum absolute atomic E-state index is 12.6. The highest BCUT2D eigenvalue weighted by Gasteiger charge is 2.19. The van der Waals surface area contributed by atoms with Crippen molar-refractivity contribution in [2.24, 2.45) is 0 Å². The first-order chi connectivity index (χ1) is 14.7. The van der Waals surface area contributed by atoms with E-state index in [2.05, 4.69) is 4.72 Å². The van der Waals surface area contributed by atoms with Gasteiger partial charge in [-0.1, -0.05) is 55.6 Å². The number of hydrogen-bond donors (Lipinski definition) is 1. The molecular weight excluding hydrogens is 457 g/mol. The van der Waals surface area contributed by atoms with Gasteiger partial charge in [0.05, 0.1) is 0 Å². The van der Waals surface area contributed by atoms with Gasteiger partial charge in [-0.05, 0) is 42.3 Å². The van der Waals surface area contributed by atoms with Crippen LogP contribution in [0.15, 0.2) is 52.3 Å². The Morgan fingerprint density at radius 1 is 1.13 bits per heavy atom. The molecule has 0 aliphatic carbocycles. The summed E-state index contributed by atoms with van der Waals surface area (Å²) < 4.78 is 32.3. The van der Waals surface area contributed by atoms with Crippen LogP contribution in [0.4, 0.5) is 0 Å². The molecule has 0 atom stereocenters. The van der Waals surface area contributed by atoms with Crippen molar-refractivity contribution < 1.29 is 17.6 Å². The summed E-state index contributed by atoms with van der Waals surface area (Å²) in [6.45, 7) is 3.92. The van der Waals surface area contributed by atoms with Crippen molar-refractivity contribution in [3.05, 3.63) is 80.4 Å². The van der Waals surface area contributed by atoms with E-state index in [4.69, 9.17) is 27.6 Å². The van der Waals surface area contributed by atoms with Crippen molar-refractivity contribution in [1.82, 2.24) is 4.72 Å². The van der Waals surface area contributed by atoms with E-state index >= 15 is 0 Å². The second-order valence-corrected chi connectivity index (χ2v) is 9.53. The Hall–Kier alpha value is -2.28. The molecule has 2 aromatic carbocycles. The zero-order chi connectivity index (χ0) is 22.6. The summed E-state index contributed by atoms with van der Waals surface area (Å²) >= 11 is 12.3. The molecule has 8 heteroatoms. The Morgan fingerprint density at radius 3 is 2.58 bits per heavy atom. The zero-order valence-electron chi connectivity index (χ0n) is 17.2. The molecule has 0 saturated heterocycles. The fourth-order valence-corrected chi connectivity index (χ4v) is 4.57. The van der Waals surface area contributed by atoms with Crippen molar-refractivity contribution in [1.29, 1.82) is 0 Å². The summed E-state index contributed by atoms with van der Waals surface area (Å²) in [6.07, 6.45) is 4.11. The third kappa shape index (κ3) is 5.70. The number of amides is 1. The average molecular weight is 480 g/mol. The third-order valence-electron chi connectivity index (χ3n) is 4.81. The second kappa shape index (κ2) is 9.90. The molecule has 0 spiro atoms. The molecular formula is C23H23Cl2NO4S. The molecule has 1 aromatic heterocycles. The number of hydrogen-bond acceptors (Lipinski definition) is 4. The number of sulfonamides is 1. The number of carbonyl (C=O) groups excluding carboxylic acids is 1. The lowest BCUT2D eigenvalue weighted by Gasteiger charge is -2.07. The molecule has 0 fully saturated rings. The molecule has 0 bridgehead atoms. The molecule has 0 radical (unpaired) electrons. The lowest BCUT2D eigenvalue weighted by Crippen LogP contribution is -2.28. The van der Waals surface area contributed by atoms with Crippen LogP contribution in [0.2, 0.25) is 10.0 Å². The Morgan fingerprint density at radius 2 is 1.90 bits per heavy atom. The summed E-state index contributed by atoms with van der Waals surface area (Å²) in [4.78, 5) is 12.6. The van der Waals surface area contributed by atoms with Gasteiger partial charge in [-0.25, -0.2) is 13.1 Å². The molecule has 3 aromatic rings. The largest absolute Gasteiger partial charge is 0.461 e. The predicted octanol–water partition coefficient (Wildman–Crippen LogP) is 6.27. The highest BCUT2D eigenvalue weighted by molar-refractivity contribution is 7.92. The number of furan rings is 1. The minimum atomic E-state index is -3.86. The van der Waals surface area contributed by atoms with E-state index in [1.165, 1.54) is 6.08 Å². The SMILES string of the molecule is CCCC=CS(=O)(=O)NC(=O)c1ccc2oc(CC)c(Cc3ccc(Cl)cc3Cl)c2c1. The maximum Gasteiger partial charge on any atom is 0.265 e. The quantitative estimate of drug-likeness (QED) is 0.413. The number of halogens is 2. The third-order valence-corrected chi connectivity index (χ3v) is 6.41. The first-order valence-corrected chi connectivity index (χ1v) is 12.3. The van der Waals surface area contributed by atoms with Gasteiger partial charge < -0.3 is 4.42 Å². The normalized spacial score (nSPS) is 12.0. The Balaban J connectivity index is 1.95. The van der Waals surface area contributed by atoms with Crippen molar-refractivity contribution in [2.75, 3.05) is 0 Å². The van der Waals surface area contributed by atoms with Crippen molar-refractivity contribution in [3.63, 3.8) is 0 Å². The molecule has 31 heavy (non-hydrogen) atoms. The first-order valence-electron chi connectivity index (χ1n) is 9.96. The first kappa shape index (κ1) is 23.4. The average Bonchev–Trinajstić information content (AvgIpc) is 3.06. The van der Waals surface area contributed by atoms with Crippen LogP contribution >= 0.6 is 23.2 Å². The van der Waals surface area contributed by atoms with Crippen LogP contribution in [0.1, 0.15) is 53.9 Å². The van der Waals surface area contributed by atoms with E-state index in [1.54, 1.807) is 30.3 Å². The smallest absolute Gasteiger partial charge is 0.265 e. The molecule has 1 heterocycles. The maximum atomic E-state index is 12.6. The van der Waals surface area contributed by atoms with Crippen LogP contribution in [0, 0.1) is 0 Å². The number of nitrogens with one attached hydrogen (secondary N) is 1.